The van der Waals surface area contributed by atoms with E-state index in [1.54, 1.807) is 18.0 Å². The van der Waals surface area contributed by atoms with Gasteiger partial charge in [0.2, 0.25) is 5.91 Å². The van der Waals surface area contributed by atoms with Crippen LogP contribution >= 0.6 is 23.1 Å². The molecule has 0 aliphatic rings. The number of hydrogen-bond acceptors (Lipinski definition) is 5. The van der Waals surface area contributed by atoms with Crippen molar-refractivity contribution in [2.24, 2.45) is 0 Å². The van der Waals surface area contributed by atoms with Crippen LogP contribution in [0.2, 0.25) is 0 Å². The molecule has 0 aliphatic carbocycles. The highest BCUT2D eigenvalue weighted by molar-refractivity contribution is 7.99. The van der Waals surface area contributed by atoms with E-state index in [-0.39, 0.29) is 5.91 Å². The maximum Gasteiger partial charge on any atom is 0.236 e. The molecule has 0 spiro atoms. The highest BCUT2D eigenvalue weighted by atomic mass is 32.2. The molecule has 0 bridgehead atoms. The molecule has 0 aliphatic heterocycles. The zero-order valence-corrected chi connectivity index (χ0v) is 14.9. The first kappa shape index (κ1) is 16.7. The zero-order chi connectivity index (χ0) is 16.8. The lowest BCUT2D eigenvalue weighted by atomic mass is 10.1. The first-order valence-electron chi connectivity index (χ1n) is 7.51. The second-order valence-electron chi connectivity index (χ2n) is 5.27. The van der Waals surface area contributed by atoms with Gasteiger partial charge in [-0.25, -0.2) is 4.98 Å². The lowest BCUT2D eigenvalue weighted by Gasteiger charge is -2.02. The van der Waals surface area contributed by atoms with Crippen LogP contribution in [-0.2, 0) is 10.5 Å². The number of nitrogens with one attached hydrogen (secondary N) is 1. The second-order valence-corrected chi connectivity index (χ2v) is 7.11. The van der Waals surface area contributed by atoms with Crippen molar-refractivity contribution < 1.29 is 4.79 Å². The Morgan fingerprint density at radius 2 is 2.04 bits per heavy atom. The molecule has 1 aromatic carbocycles. The molecule has 6 heteroatoms. The molecule has 122 valence electrons. The number of anilines is 1. The molecular weight excluding hydrogens is 338 g/mol. The van der Waals surface area contributed by atoms with Gasteiger partial charge < -0.3 is 5.32 Å². The predicted molar refractivity (Wildman–Crippen MR) is 101 cm³/mol. The monoisotopic (exact) mass is 355 g/mol. The molecule has 1 N–H and O–H groups in total. The van der Waals surface area contributed by atoms with Crippen LogP contribution in [0.4, 0.5) is 5.13 Å². The van der Waals surface area contributed by atoms with E-state index in [0.29, 0.717) is 10.9 Å². The number of pyridine rings is 1. The zero-order valence-electron chi connectivity index (χ0n) is 13.2. The minimum Gasteiger partial charge on any atom is -0.301 e. The Kier molecular flexibility index (Phi) is 5.61. The summed E-state index contributed by atoms with van der Waals surface area (Å²) in [5.74, 6) is 1.07. The molecular formula is C18H17N3OS2. The van der Waals surface area contributed by atoms with Crippen LogP contribution in [0.25, 0.3) is 11.3 Å². The molecule has 24 heavy (non-hydrogen) atoms. The minimum atomic E-state index is -0.0410. The fourth-order valence-electron chi connectivity index (χ4n) is 2.08. The quantitative estimate of drug-likeness (QED) is 0.713. The molecule has 0 saturated carbocycles. The maximum absolute atomic E-state index is 12.0. The highest BCUT2D eigenvalue weighted by Gasteiger charge is 2.08. The van der Waals surface area contributed by atoms with Gasteiger partial charge in [0, 0.05) is 22.9 Å². The van der Waals surface area contributed by atoms with E-state index < -0.39 is 0 Å². The Bertz CT molecular complexity index is 801. The van der Waals surface area contributed by atoms with Crippen molar-refractivity contribution in [3.63, 3.8) is 0 Å². The number of carbonyl (C=O) groups excluding carboxylic acids is 1. The third-order valence-electron chi connectivity index (χ3n) is 3.31. The molecule has 4 nitrogen and oxygen atoms in total. The number of thiazole rings is 1. The topological polar surface area (TPSA) is 54.9 Å². The van der Waals surface area contributed by atoms with Gasteiger partial charge in [-0.2, -0.15) is 0 Å². The van der Waals surface area contributed by atoms with Gasteiger partial charge in [-0.05, 0) is 19.1 Å². The first-order chi connectivity index (χ1) is 11.7. The lowest BCUT2D eigenvalue weighted by Crippen LogP contribution is -2.14. The SMILES string of the molecule is Cc1ccc(-c2csc(NC(=O)CSCc3ccccn3)n2)cc1. The van der Waals surface area contributed by atoms with E-state index in [0.717, 1.165) is 22.7 Å². The van der Waals surface area contributed by atoms with E-state index >= 15 is 0 Å². The van der Waals surface area contributed by atoms with E-state index in [1.807, 2.05) is 35.7 Å². The van der Waals surface area contributed by atoms with E-state index in [4.69, 9.17) is 0 Å². The average Bonchev–Trinajstić information content (AvgIpc) is 3.05. The summed E-state index contributed by atoms with van der Waals surface area (Å²) in [7, 11) is 0. The largest absolute Gasteiger partial charge is 0.301 e. The van der Waals surface area contributed by atoms with Crippen LogP contribution in [-0.4, -0.2) is 21.6 Å². The molecule has 2 heterocycles. The Balaban J connectivity index is 1.51. The fourth-order valence-corrected chi connectivity index (χ4v) is 3.55. The predicted octanol–water partition coefficient (Wildman–Crippen LogP) is 4.39. The van der Waals surface area contributed by atoms with Gasteiger partial charge in [0.1, 0.15) is 0 Å². The summed E-state index contributed by atoms with van der Waals surface area (Å²) in [5, 5.41) is 5.45. The van der Waals surface area contributed by atoms with Crippen molar-refractivity contribution >= 4 is 34.1 Å². The van der Waals surface area contributed by atoms with Crippen LogP contribution in [0.15, 0.2) is 54.0 Å². The standard InChI is InChI=1S/C18H17N3OS2/c1-13-5-7-14(8-6-13)16-11-24-18(20-16)21-17(22)12-23-10-15-4-2-3-9-19-15/h2-9,11H,10,12H2,1H3,(H,20,21,22). The Morgan fingerprint density at radius 3 is 2.79 bits per heavy atom. The van der Waals surface area contributed by atoms with E-state index in [9.17, 15) is 4.79 Å². The van der Waals surface area contributed by atoms with Crippen LogP contribution in [0.5, 0.6) is 0 Å². The number of carbonyl (C=O) groups is 1. The van der Waals surface area contributed by atoms with Crippen molar-refractivity contribution in [3.8, 4) is 11.3 Å². The van der Waals surface area contributed by atoms with Crippen LogP contribution in [0, 0.1) is 6.92 Å². The number of amides is 1. The number of nitrogens with zero attached hydrogens (tertiary/aromatic N) is 2. The fraction of sp³-hybridized carbons (Fsp3) is 0.167. The second kappa shape index (κ2) is 8.08. The van der Waals surface area contributed by atoms with Crippen molar-refractivity contribution in [2.75, 3.05) is 11.1 Å². The average molecular weight is 355 g/mol. The third-order valence-corrected chi connectivity index (χ3v) is 5.03. The molecule has 0 unspecified atom stereocenters. The van der Waals surface area contributed by atoms with Gasteiger partial charge in [0.25, 0.3) is 0 Å². The molecule has 0 radical (unpaired) electrons. The molecule has 0 saturated heterocycles. The third kappa shape index (κ3) is 4.66. The Labute approximate surface area is 149 Å². The maximum atomic E-state index is 12.0. The van der Waals surface area contributed by atoms with Crippen molar-refractivity contribution in [1.29, 1.82) is 0 Å². The summed E-state index contributed by atoms with van der Waals surface area (Å²) in [6, 6.07) is 14.0. The first-order valence-corrected chi connectivity index (χ1v) is 9.54. The van der Waals surface area contributed by atoms with Gasteiger partial charge >= 0.3 is 0 Å². The molecule has 3 aromatic rings. The lowest BCUT2D eigenvalue weighted by molar-refractivity contribution is -0.113. The molecule has 0 atom stereocenters. The van der Waals surface area contributed by atoms with Crippen LogP contribution in [0.1, 0.15) is 11.3 Å². The van der Waals surface area contributed by atoms with E-state index in [1.165, 1.54) is 16.9 Å². The number of benzene rings is 1. The van der Waals surface area contributed by atoms with Gasteiger partial charge in [-0.3, -0.25) is 9.78 Å². The van der Waals surface area contributed by atoms with E-state index in [2.05, 4.69) is 34.3 Å². The molecule has 1 amide bonds. The normalized spacial score (nSPS) is 10.5. The van der Waals surface area contributed by atoms with Crippen molar-refractivity contribution in [3.05, 3.63) is 65.3 Å². The Morgan fingerprint density at radius 1 is 1.21 bits per heavy atom. The molecule has 3 rings (SSSR count). The molecule has 0 fully saturated rings. The summed E-state index contributed by atoms with van der Waals surface area (Å²) in [4.78, 5) is 20.7. The highest BCUT2D eigenvalue weighted by Crippen LogP contribution is 2.25. The summed E-state index contributed by atoms with van der Waals surface area (Å²) in [6.07, 6.45) is 1.76. The van der Waals surface area contributed by atoms with Gasteiger partial charge in [-0.15, -0.1) is 23.1 Å². The van der Waals surface area contributed by atoms with Gasteiger partial charge in [0.15, 0.2) is 5.13 Å². The molecule has 2 aromatic heterocycles. The van der Waals surface area contributed by atoms with Crippen LogP contribution < -0.4 is 5.32 Å². The smallest absolute Gasteiger partial charge is 0.236 e. The summed E-state index contributed by atoms with van der Waals surface area (Å²) in [6.45, 7) is 2.05. The van der Waals surface area contributed by atoms with Gasteiger partial charge in [0.05, 0.1) is 17.1 Å². The number of aromatic nitrogens is 2. The number of hydrogen-bond donors (Lipinski definition) is 1. The Hall–Kier alpha value is -2.18. The minimum absolute atomic E-state index is 0.0410. The summed E-state index contributed by atoms with van der Waals surface area (Å²) in [5.41, 5.74) is 4.14. The number of rotatable bonds is 6. The number of thioether (sulfide) groups is 1. The number of aryl methyl sites for hydroxylation is 1. The van der Waals surface area contributed by atoms with Crippen molar-refractivity contribution in [2.45, 2.75) is 12.7 Å². The summed E-state index contributed by atoms with van der Waals surface area (Å²) >= 11 is 2.98. The summed E-state index contributed by atoms with van der Waals surface area (Å²) < 4.78 is 0. The van der Waals surface area contributed by atoms with Crippen molar-refractivity contribution in [1.82, 2.24) is 9.97 Å². The van der Waals surface area contributed by atoms with Crippen LogP contribution in [0.3, 0.4) is 0 Å². The van der Waals surface area contributed by atoms with Gasteiger partial charge in [-0.1, -0.05) is 35.9 Å².